The molecule has 9 heteroatoms. The van der Waals surface area contributed by atoms with Gasteiger partial charge in [-0.15, -0.1) is 11.8 Å². The number of nitrogens with zero attached hydrogens (tertiary/aromatic N) is 2. The van der Waals surface area contributed by atoms with Gasteiger partial charge in [-0.2, -0.15) is 0 Å². The number of furan rings is 1. The van der Waals surface area contributed by atoms with Crippen LogP contribution in [0.25, 0.3) is 0 Å². The lowest BCUT2D eigenvalue weighted by molar-refractivity contribution is -0.159. The Hall–Kier alpha value is -2.00. The molecule has 0 bridgehead atoms. The third kappa shape index (κ3) is 2.31. The van der Waals surface area contributed by atoms with Gasteiger partial charge < -0.3 is 19.5 Å². The summed E-state index contributed by atoms with van der Waals surface area (Å²) in [6, 6.07) is 2.51. The van der Waals surface area contributed by atoms with E-state index >= 15 is 0 Å². The van der Waals surface area contributed by atoms with E-state index in [1.807, 2.05) is 0 Å². The number of thioether (sulfide) groups is 1. The number of carboxylic acid groups (broad SMARTS) is 1. The minimum atomic E-state index is -1.35. The highest BCUT2D eigenvalue weighted by Gasteiger charge is 2.59. The molecule has 2 unspecified atom stereocenters. The van der Waals surface area contributed by atoms with Gasteiger partial charge in [-0.25, -0.2) is 0 Å². The van der Waals surface area contributed by atoms with Crippen LogP contribution in [-0.4, -0.2) is 63.2 Å². The van der Waals surface area contributed by atoms with Gasteiger partial charge >= 0.3 is 5.97 Å². The lowest BCUT2D eigenvalue weighted by Gasteiger charge is -2.55. The molecule has 3 atom stereocenters. The van der Waals surface area contributed by atoms with Crippen LogP contribution < -0.4 is 4.90 Å². The Balaban J connectivity index is 1.83. The highest BCUT2D eigenvalue weighted by Crippen LogP contribution is 2.44. The highest BCUT2D eigenvalue weighted by molar-refractivity contribution is 8.00. The van der Waals surface area contributed by atoms with Gasteiger partial charge in [-0.1, -0.05) is 0 Å². The first-order valence-electron chi connectivity index (χ1n) is 7.01. The van der Waals surface area contributed by atoms with Gasteiger partial charge in [0.15, 0.2) is 0 Å². The number of aliphatic carboxylic acids is 1. The number of carbonyl (C=O) groups is 3. The average Bonchev–Trinajstić information content (AvgIpc) is 3.04. The molecule has 3 heterocycles. The van der Waals surface area contributed by atoms with E-state index in [4.69, 9.17) is 4.42 Å². The molecule has 2 saturated heterocycles. The molecule has 2 N–H and O–H groups in total. The number of anilines is 1. The fraction of sp³-hybridized carbons (Fsp3) is 0.500. The van der Waals surface area contributed by atoms with E-state index in [1.165, 1.54) is 34.7 Å². The summed E-state index contributed by atoms with van der Waals surface area (Å²) < 4.78 is 5.23. The van der Waals surface area contributed by atoms with Crippen LogP contribution in [0.5, 0.6) is 0 Å². The summed E-state index contributed by atoms with van der Waals surface area (Å²) in [5.74, 6) is -1.33. The predicted molar refractivity (Wildman–Crippen MR) is 80.8 cm³/mol. The van der Waals surface area contributed by atoms with Crippen LogP contribution in [-0.2, 0) is 14.4 Å². The number of fused-ring (bicyclic) bond motifs is 1. The fourth-order valence-electron chi connectivity index (χ4n) is 2.90. The number of hydrogen-bond donors (Lipinski definition) is 2. The highest BCUT2D eigenvalue weighted by atomic mass is 32.2. The molecular formula is C14H16N2O6S. The first-order chi connectivity index (χ1) is 10.9. The van der Waals surface area contributed by atoms with Crippen molar-refractivity contribution >= 4 is 35.4 Å². The van der Waals surface area contributed by atoms with Crippen LogP contribution in [0.3, 0.4) is 0 Å². The Morgan fingerprint density at radius 1 is 1.57 bits per heavy atom. The second-order valence-corrected chi connectivity index (χ2v) is 6.80. The molecule has 2 fully saturated rings. The van der Waals surface area contributed by atoms with Gasteiger partial charge in [0.2, 0.25) is 17.7 Å². The molecule has 2 aliphatic heterocycles. The summed E-state index contributed by atoms with van der Waals surface area (Å²) in [5.41, 5.74) is -1.35. The molecular weight excluding hydrogens is 324 g/mol. The predicted octanol–water partition coefficient (Wildman–Crippen LogP) is -0.0205. The van der Waals surface area contributed by atoms with Gasteiger partial charge in [-0.3, -0.25) is 19.3 Å². The lowest BCUT2D eigenvalue weighted by Crippen LogP contribution is -2.74. The van der Waals surface area contributed by atoms with Crippen molar-refractivity contribution in [1.82, 2.24) is 4.90 Å². The zero-order valence-electron chi connectivity index (χ0n) is 12.3. The Kier molecular flexibility index (Phi) is 3.85. The van der Waals surface area contributed by atoms with E-state index < -0.39 is 24.0 Å². The Morgan fingerprint density at radius 2 is 2.30 bits per heavy atom. The maximum atomic E-state index is 12.5. The molecule has 23 heavy (non-hydrogen) atoms. The third-order valence-electron chi connectivity index (χ3n) is 4.23. The van der Waals surface area contributed by atoms with Gasteiger partial charge in [0.1, 0.15) is 16.8 Å². The quantitative estimate of drug-likeness (QED) is 0.741. The summed E-state index contributed by atoms with van der Waals surface area (Å²) in [4.78, 5) is 38.5. The molecule has 124 valence electrons. The molecule has 8 nitrogen and oxygen atoms in total. The molecule has 0 radical (unpaired) electrons. The summed E-state index contributed by atoms with van der Waals surface area (Å²) in [6.45, 7) is 0.752. The van der Waals surface area contributed by atoms with Crippen LogP contribution in [0.2, 0.25) is 0 Å². The molecule has 0 aromatic carbocycles. The summed E-state index contributed by atoms with van der Waals surface area (Å²) in [6.07, 6.45) is 1.42. The third-order valence-corrected chi connectivity index (χ3v) is 5.81. The number of carboxylic acids is 1. The average molecular weight is 340 g/mol. The van der Waals surface area contributed by atoms with E-state index in [9.17, 15) is 24.6 Å². The monoisotopic (exact) mass is 340 g/mol. The lowest BCUT2D eigenvalue weighted by atomic mass is 9.88. The van der Waals surface area contributed by atoms with Crippen molar-refractivity contribution < 1.29 is 29.0 Å². The fourth-order valence-corrected chi connectivity index (χ4v) is 4.47. The number of β-lactam (4-membered cyclic amide) rings is 1. The van der Waals surface area contributed by atoms with Crippen molar-refractivity contribution in [1.29, 1.82) is 0 Å². The first kappa shape index (κ1) is 15.9. The van der Waals surface area contributed by atoms with Crippen LogP contribution in [0, 0.1) is 5.41 Å². The van der Waals surface area contributed by atoms with E-state index in [-0.39, 0.29) is 35.4 Å². The van der Waals surface area contributed by atoms with Crippen molar-refractivity contribution in [2.75, 3.05) is 23.8 Å². The van der Waals surface area contributed by atoms with Crippen LogP contribution in [0.1, 0.15) is 6.92 Å². The van der Waals surface area contributed by atoms with Crippen molar-refractivity contribution in [2.24, 2.45) is 5.41 Å². The number of hydrogen-bond acceptors (Lipinski definition) is 6. The Morgan fingerprint density at radius 3 is 2.83 bits per heavy atom. The van der Waals surface area contributed by atoms with E-state index in [1.54, 1.807) is 12.1 Å². The molecule has 2 amide bonds. The van der Waals surface area contributed by atoms with Crippen molar-refractivity contribution in [3.05, 3.63) is 18.4 Å². The second-order valence-electron chi connectivity index (χ2n) is 5.70. The number of carbonyl (C=O) groups excluding carboxylic acids is 2. The van der Waals surface area contributed by atoms with Crippen LogP contribution in [0.4, 0.5) is 5.88 Å². The number of aliphatic hydroxyl groups excluding tert-OH is 1. The van der Waals surface area contributed by atoms with E-state index in [0.717, 1.165) is 0 Å². The SMILES string of the molecule is CC(=O)N(c1ccco1)C1C(=O)N2CC(CO)(C(=O)O)CS[C@H]12. The van der Waals surface area contributed by atoms with Crippen molar-refractivity contribution in [2.45, 2.75) is 18.3 Å². The number of amides is 2. The summed E-state index contributed by atoms with van der Waals surface area (Å²) in [5, 5.41) is 18.4. The van der Waals surface area contributed by atoms with Gasteiger partial charge in [0.05, 0.1) is 12.9 Å². The van der Waals surface area contributed by atoms with Gasteiger partial charge in [-0.05, 0) is 6.07 Å². The normalized spacial score (nSPS) is 29.7. The molecule has 3 rings (SSSR count). The van der Waals surface area contributed by atoms with Crippen molar-refractivity contribution in [3.63, 3.8) is 0 Å². The van der Waals surface area contributed by atoms with Crippen LogP contribution in [0.15, 0.2) is 22.8 Å². The molecule has 1 aromatic rings. The van der Waals surface area contributed by atoms with Gasteiger partial charge in [0, 0.05) is 25.3 Å². The summed E-state index contributed by atoms with van der Waals surface area (Å²) in [7, 11) is 0. The van der Waals surface area contributed by atoms with Gasteiger partial charge in [0.25, 0.3) is 0 Å². The first-order valence-corrected chi connectivity index (χ1v) is 8.06. The minimum absolute atomic E-state index is 0.0598. The Bertz CT molecular complexity index is 648. The molecule has 0 saturated carbocycles. The minimum Gasteiger partial charge on any atom is -0.481 e. The van der Waals surface area contributed by atoms with Crippen LogP contribution >= 0.6 is 11.8 Å². The standard InChI is InChI=1S/C14H16N2O6S/c1-8(18)16(9-3-2-4-22-9)10-11(19)15-5-14(6-17,13(20)21)7-23-12(10)15/h2-4,10,12,17H,5-7H2,1H3,(H,20,21)/t10?,12-,14?/m1/s1. The topological polar surface area (TPSA) is 111 Å². The molecule has 0 spiro atoms. The van der Waals surface area contributed by atoms with Crippen molar-refractivity contribution in [3.8, 4) is 0 Å². The number of aliphatic hydroxyl groups is 1. The maximum Gasteiger partial charge on any atom is 0.314 e. The second kappa shape index (κ2) is 5.57. The zero-order valence-corrected chi connectivity index (χ0v) is 13.2. The van der Waals surface area contributed by atoms with E-state index in [0.29, 0.717) is 0 Å². The molecule has 1 aromatic heterocycles. The smallest absolute Gasteiger partial charge is 0.314 e. The molecule has 0 aliphatic carbocycles. The molecule has 2 aliphatic rings. The number of rotatable bonds is 4. The van der Waals surface area contributed by atoms with E-state index in [2.05, 4.69) is 0 Å². The maximum absolute atomic E-state index is 12.5. The zero-order chi connectivity index (χ0) is 16.8. The Labute approximate surface area is 136 Å². The largest absolute Gasteiger partial charge is 0.481 e. The summed E-state index contributed by atoms with van der Waals surface area (Å²) >= 11 is 1.26.